The molecule has 1 aliphatic heterocycles. The minimum atomic E-state index is -3.68. The smallest absolute Gasteiger partial charge is 0.345 e. The Kier molecular flexibility index (Phi) is 3.71. The van der Waals surface area contributed by atoms with Crippen LogP contribution in [0.4, 0.5) is 0 Å². The molecule has 8 heteroatoms. The van der Waals surface area contributed by atoms with Crippen molar-refractivity contribution in [3.05, 3.63) is 17.0 Å². The van der Waals surface area contributed by atoms with Gasteiger partial charge in [-0.25, -0.2) is 13.2 Å². The van der Waals surface area contributed by atoms with Gasteiger partial charge in [0.15, 0.2) is 0 Å². The number of hydrogen-bond donors (Lipinski definition) is 2. The first-order chi connectivity index (χ1) is 8.46. The molecule has 2 heterocycles. The number of aromatic carboxylic acids is 1. The lowest BCUT2D eigenvalue weighted by Gasteiger charge is -2.21. The molecular formula is C10H13NO5S2. The largest absolute Gasteiger partial charge is 0.477 e. The van der Waals surface area contributed by atoms with Gasteiger partial charge >= 0.3 is 5.97 Å². The second kappa shape index (κ2) is 4.96. The maximum Gasteiger partial charge on any atom is 0.345 e. The van der Waals surface area contributed by atoms with Crippen LogP contribution in [-0.2, 0) is 10.0 Å². The lowest BCUT2D eigenvalue weighted by Crippen LogP contribution is -2.37. The first-order valence-electron chi connectivity index (χ1n) is 5.42. The third-order valence-corrected chi connectivity index (χ3v) is 6.38. The number of carbonyl (C=O) groups is 1. The molecule has 1 saturated heterocycles. The lowest BCUT2D eigenvalue weighted by atomic mass is 10.2. The van der Waals surface area contributed by atoms with Crippen molar-refractivity contribution >= 4 is 27.3 Å². The Bertz CT molecular complexity index is 550. The highest BCUT2D eigenvalue weighted by atomic mass is 32.2. The van der Waals surface area contributed by atoms with Crippen molar-refractivity contribution in [2.24, 2.45) is 0 Å². The van der Waals surface area contributed by atoms with Gasteiger partial charge in [-0.1, -0.05) is 0 Å². The molecule has 1 aromatic heterocycles. The normalized spacial score (nSPS) is 21.3. The fraction of sp³-hybridized carbons (Fsp3) is 0.500. The first kappa shape index (κ1) is 13.5. The quantitative estimate of drug-likeness (QED) is 0.846. The Labute approximate surface area is 109 Å². The summed E-state index contributed by atoms with van der Waals surface area (Å²) in [6, 6.07) is 2.19. The Morgan fingerprint density at radius 2 is 2.22 bits per heavy atom. The first-order valence-corrected chi connectivity index (χ1v) is 7.68. The Balaban J connectivity index is 2.32. The third-order valence-electron chi connectivity index (χ3n) is 2.89. The third kappa shape index (κ3) is 2.28. The van der Waals surface area contributed by atoms with Crippen LogP contribution < -0.4 is 0 Å². The van der Waals surface area contributed by atoms with Gasteiger partial charge in [-0.05, 0) is 25.0 Å². The second-order valence-electron chi connectivity index (χ2n) is 4.02. The van der Waals surface area contributed by atoms with Crippen molar-refractivity contribution in [2.75, 3.05) is 13.2 Å². The van der Waals surface area contributed by atoms with Crippen LogP contribution >= 0.6 is 11.3 Å². The summed E-state index contributed by atoms with van der Waals surface area (Å²) in [6.07, 6.45) is 1.34. The van der Waals surface area contributed by atoms with Crippen LogP contribution in [-0.4, -0.2) is 48.1 Å². The van der Waals surface area contributed by atoms with E-state index in [-0.39, 0.29) is 15.7 Å². The molecule has 0 amide bonds. The zero-order valence-corrected chi connectivity index (χ0v) is 11.1. The maximum absolute atomic E-state index is 12.3. The van der Waals surface area contributed by atoms with E-state index in [1.807, 2.05) is 0 Å². The zero-order valence-electron chi connectivity index (χ0n) is 9.44. The van der Waals surface area contributed by atoms with Crippen molar-refractivity contribution in [1.82, 2.24) is 4.31 Å². The van der Waals surface area contributed by atoms with E-state index < -0.39 is 22.0 Å². The second-order valence-corrected chi connectivity index (χ2v) is 7.22. The molecule has 2 rings (SSSR count). The monoisotopic (exact) mass is 291 g/mol. The van der Waals surface area contributed by atoms with E-state index >= 15 is 0 Å². The number of aliphatic hydroxyl groups is 1. The van der Waals surface area contributed by atoms with E-state index in [1.54, 1.807) is 0 Å². The molecule has 18 heavy (non-hydrogen) atoms. The van der Waals surface area contributed by atoms with Crippen molar-refractivity contribution < 1.29 is 23.4 Å². The SMILES string of the molecule is O=C(O)c1ccc(S(=O)(=O)N2CCCC2CO)s1. The molecule has 1 fully saturated rings. The van der Waals surface area contributed by atoms with Crippen LogP contribution in [0.1, 0.15) is 22.5 Å². The van der Waals surface area contributed by atoms with Crippen LogP contribution in [0, 0.1) is 0 Å². The van der Waals surface area contributed by atoms with Crippen molar-refractivity contribution in [3.8, 4) is 0 Å². The lowest BCUT2D eigenvalue weighted by molar-refractivity contribution is 0.0702. The summed E-state index contributed by atoms with van der Waals surface area (Å²) >= 11 is 0.736. The Hall–Kier alpha value is -0.960. The van der Waals surface area contributed by atoms with Crippen LogP contribution in [0.2, 0.25) is 0 Å². The van der Waals surface area contributed by atoms with Crippen LogP contribution in [0.5, 0.6) is 0 Å². The van der Waals surface area contributed by atoms with Crippen LogP contribution in [0.15, 0.2) is 16.3 Å². The molecule has 0 radical (unpaired) electrons. The highest BCUT2D eigenvalue weighted by Crippen LogP contribution is 2.30. The highest BCUT2D eigenvalue weighted by molar-refractivity contribution is 7.91. The van der Waals surface area contributed by atoms with Gasteiger partial charge in [-0.2, -0.15) is 4.31 Å². The number of hydrogen-bond acceptors (Lipinski definition) is 5. The fourth-order valence-electron chi connectivity index (χ4n) is 2.00. The van der Waals surface area contributed by atoms with Gasteiger partial charge in [0.1, 0.15) is 9.09 Å². The topological polar surface area (TPSA) is 94.9 Å². The predicted molar refractivity (Wildman–Crippen MR) is 65.3 cm³/mol. The molecule has 1 aromatic rings. The van der Waals surface area contributed by atoms with Crippen molar-refractivity contribution in [3.63, 3.8) is 0 Å². The van der Waals surface area contributed by atoms with Gasteiger partial charge < -0.3 is 10.2 Å². The van der Waals surface area contributed by atoms with Gasteiger partial charge in [0.05, 0.1) is 6.61 Å². The molecule has 1 atom stereocenters. The Morgan fingerprint density at radius 3 is 2.78 bits per heavy atom. The summed E-state index contributed by atoms with van der Waals surface area (Å²) in [5.74, 6) is -1.14. The van der Waals surface area contributed by atoms with Gasteiger partial charge in [0.2, 0.25) is 0 Å². The summed E-state index contributed by atoms with van der Waals surface area (Å²) in [4.78, 5) is 10.7. The van der Waals surface area contributed by atoms with E-state index in [4.69, 9.17) is 10.2 Å². The summed E-state index contributed by atoms with van der Waals surface area (Å²) in [5, 5.41) is 17.9. The number of carboxylic acid groups (broad SMARTS) is 1. The summed E-state index contributed by atoms with van der Waals surface area (Å²) in [5.41, 5.74) is 0. The van der Waals surface area contributed by atoms with Gasteiger partial charge in [0.25, 0.3) is 10.0 Å². The minimum Gasteiger partial charge on any atom is -0.477 e. The minimum absolute atomic E-state index is 0.00618. The molecule has 6 nitrogen and oxygen atoms in total. The molecule has 0 saturated carbocycles. The van der Waals surface area contributed by atoms with E-state index in [9.17, 15) is 13.2 Å². The average Bonchev–Trinajstić information content (AvgIpc) is 2.98. The molecule has 0 aromatic carbocycles. The summed E-state index contributed by atoms with van der Waals surface area (Å²) in [7, 11) is -3.68. The Morgan fingerprint density at radius 1 is 1.50 bits per heavy atom. The number of rotatable bonds is 4. The van der Waals surface area contributed by atoms with Crippen molar-refractivity contribution in [2.45, 2.75) is 23.1 Å². The van der Waals surface area contributed by atoms with Crippen LogP contribution in [0.25, 0.3) is 0 Å². The maximum atomic E-state index is 12.3. The predicted octanol–water partition coefficient (Wildman–Crippen LogP) is 0.592. The molecule has 2 N–H and O–H groups in total. The van der Waals surface area contributed by atoms with E-state index in [2.05, 4.69) is 0 Å². The number of aliphatic hydroxyl groups excluding tert-OH is 1. The zero-order chi connectivity index (χ0) is 13.3. The molecule has 100 valence electrons. The van der Waals surface area contributed by atoms with E-state index in [0.717, 1.165) is 11.3 Å². The van der Waals surface area contributed by atoms with Gasteiger partial charge in [0, 0.05) is 12.6 Å². The molecule has 0 aliphatic carbocycles. The molecule has 1 aliphatic rings. The van der Waals surface area contributed by atoms with E-state index in [1.165, 1.54) is 16.4 Å². The van der Waals surface area contributed by atoms with E-state index in [0.29, 0.717) is 19.4 Å². The standard InChI is InChI=1S/C10H13NO5S2/c12-6-7-2-1-5-11(7)18(15,16)9-4-3-8(17-9)10(13)14/h3-4,7,12H,1-2,5-6H2,(H,13,14). The number of nitrogens with zero attached hydrogens (tertiary/aromatic N) is 1. The number of thiophene rings is 1. The average molecular weight is 291 g/mol. The highest BCUT2D eigenvalue weighted by Gasteiger charge is 2.35. The molecule has 0 bridgehead atoms. The number of sulfonamides is 1. The molecule has 0 spiro atoms. The van der Waals surface area contributed by atoms with Gasteiger partial charge in [-0.3, -0.25) is 0 Å². The van der Waals surface area contributed by atoms with Crippen molar-refractivity contribution in [1.29, 1.82) is 0 Å². The fourth-order valence-corrected chi connectivity index (χ4v) is 4.96. The van der Waals surface area contributed by atoms with Crippen LogP contribution in [0.3, 0.4) is 0 Å². The molecular weight excluding hydrogens is 278 g/mol. The van der Waals surface area contributed by atoms with Gasteiger partial charge in [-0.15, -0.1) is 11.3 Å². The summed E-state index contributed by atoms with van der Waals surface area (Å²) in [6.45, 7) is 0.157. The summed E-state index contributed by atoms with van der Waals surface area (Å²) < 4.78 is 25.8. The molecule has 1 unspecified atom stereocenters. The number of carboxylic acids is 1.